The number of hydrogen-bond donors (Lipinski definition) is 1. The van der Waals surface area contributed by atoms with Crippen LogP contribution in [0.1, 0.15) is 0 Å². The van der Waals surface area contributed by atoms with Crippen LogP contribution < -0.4 is 10.5 Å². The number of nitrogens with zero attached hydrogens (tertiary/aromatic N) is 2. The van der Waals surface area contributed by atoms with Crippen molar-refractivity contribution >= 4 is 21.6 Å². The van der Waals surface area contributed by atoms with Crippen LogP contribution in [-0.2, 0) is 0 Å². The number of nitrogens with two attached hydrogens (primary N) is 1. The average Bonchev–Trinajstić information content (AvgIpc) is 2.27. The summed E-state index contributed by atoms with van der Waals surface area (Å²) >= 11 is 3.23. The zero-order valence-corrected chi connectivity index (χ0v) is 9.61. The van der Waals surface area contributed by atoms with Crippen LogP contribution in [0.5, 0.6) is 11.8 Å². The van der Waals surface area contributed by atoms with Crippen LogP contribution in [0.2, 0.25) is 0 Å². The Kier molecular flexibility index (Phi) is 3.00. The second kappa shape index (κ2) is 4.44. The summed E-state index contributed by atoms with van der Waals surface area (Å²) in [6.45, 7) is 0. The first-order valence-corrected chi connectivity index (χ1v) is 5.15. The molecule has 0 saturated carbocycles. The van der Waals surface area contributed by atoms with Crippen LogP contribution in [0, 0.1) is 5.82 Å². The van der Waals surface area contributed by atoms with Crippen molar-refractivity contribution in [2.45, 2.75) is 0 Å². The third kappa shape index (κ3) is 2.46. The summed E-state index contributed by atoms with van der Waals surface area (Å²) in [4.78, 5) is 7.69. The monoisotopic (exact) mass is 283 g/mol. The lowest BCUT2D eigenvalue weighted by Crippen LogP contribution is -1.94. The van der Waals surface area contributed by atoms with Gasteiger partial charge in [-0.1, -0.05) is 0 Å². The number of rotatable bonds is 2. The molecule has 2 N–H and O–H groups in total. The number of aromatic nitrogens is 2. The third-order valence-electron chi connectivity index (χ3n) is 1.74. The minimum absolute atomic E-state index is 0.112. The smallest absolute Gasteiger partial charge is 0.322 e. The molecule has 0 amide bonds. The van der Waals surface area contributed by atoms with E-state index < -0.39 is 5.82 Å². The van der Waals surface area contributed by atoms with Gasteiger partial charge in [0.25, 0.3) is 0 Å². The van der Waals surface area contributed by atoms with Gasteiger partial charge in [0.2, 0.25) is 0 Å². The Labute approximate surface area is 99.4 Å². The molecular formula is C10H7BrFN3O. The van der Waals surface area contributed by atoms with Gasteiger partial charge in [-0.15, -0.1) is 0 Å². The van der Waals surface area contributed by atoms with Crippen LogP contribution in [-0.4, -0.2) is 9.97 Å². The highest BCUT2D eigenvalue weighted by molar-refractivity contribution is 9.10. The molecule has 6 heteroatoms. The summed E-state index contributed by atoms with van der Waals surface area (Å²) in [6, 6.07) is 4.22. The summed E-state index contributed by atoms with van der Waals surface area (Å²) < 4.78 is 18.9. The van der Waals surface area contributed by atoms with Crippen molar-refractivity contribution < 1.29 is 9.13 Å². The lowest BCUT2D eigenvalue weighted by Gasteiger charge is -2.05. The van der Waals surface area contributed by atoms with Crippen molar-refractivity contribution in [3.63, 3.8) is 0 Å². The van der Waals surface area contributed by atoms with Gasteiger partial charge in [-0.3, -0.25) is 0 Å². The summed E-state index contributed by atoms with van der Waals surface area (Å²) in [5, 5.41) is 0. The molecule has 0 bridgehead atoms. The van der Waals surface area contributed by atoms with E-state index in [-0.39, 0.29) is 6.01 Å². The predicted molar refractivity (Wildman–Crippen MR) is 60.6 cm³/mol. The minimum atomic E-state index is -0.395. The second-order valence-corrected chi connectivity index (χ2v) is 3.83. The van der Waals surface area contributed by atoms with Crippen LogP contribution in [0.3, 0.4) is 0 Å². The van der Waals surface area contributed by atoms with Crippen molar-refractivity contribution in [1.29, 1.82) is 0 Å². The largest absolute Gasteiger partial charge is 0.423 e. The van der Waals surface area contributed by atoms with Crippen LogP contribution in [0.25, 0.3) is 0 Å². The highest BCUT2D eigenvalue weighted by atomic mass is 79.9. The number of hydrogen-bond acceptors (Lipinski definition) is 4. The van der Waals surface area contributed by atoms with E-state index in [0.29, 0.717) is 15.9 Å². The Bertz CT molecular complexity index is 504. The highest BCUT2D eigenvalue weighted by Gasteiger charge is 2.06. The minimum Gasteiger partial charge on any atom is -0.423 e. The molecule has 0 radical (unpaired) electrons. The van der Waals surface area contributed by atoms with Crippen molar-refractivity contribution in [2.75, 3.05) is 5.73 Å². The van der Waals surface area contributed by atoms with E-state index in [1.54, 1.807) is 6.07 Å². The maximum absolute atomic E-state index is 13.0. The van der Waals surface area contributed by atoms with E-state index in [1.165, 1.54) is 24.5 Å². The highest BCUT2D eigenvalue weighted by Crippen LogP contribution is 2.28. The van der Waals surface area contributed by atoms with Gasteiger partial charge in [0.1, 0.15) is 11.6 Å². The molecule has 0 unspecified atom stereocenters. The number of nitrogen functional groups attached to an aromatic ring is 1. The average molecular weight is 284 g/mol. The lowest BCUT2D eigenvalue weighted by molar-refractivity contribution is 0.435. The molecule has 82 valence electrons. The molecular weight excluding hydrogens is 277 g/mol. The molecule has 0 aliphatic heterocycles. The molecule has 1 aromatic heterocycles. The molecule has 0 saturated heterocycles. The Balaban J connectivity index is 2.26. The van der Waals surface area contributed by atoms with Crippen molar-refractivity contribution in [1.82, 2.24) is 9.97 Å². The lowest BCUT2D eigenvalue weighted by atomic mass is 10.3. The number of benzene rings is 1. The van der Waals surface area contributed by atoms with Gasteiger partial charge in [-0.25, -0.2) is 14.4 Å². The molecule has 0 spiro atoms. The van der Waals surface area contributed by atoms with Gasteiger partial charge in [-0.05, 0) is 28.1 Å². The fourth-order valence-electron chi connectivity index (χ4n) is 1.03. The summed E-state index contributed by atoms with van der Waals surface area (Å²) in [6.07, 6.45) is 2.82. The molecule has 0 aliphatic rings. The van der Waals surface area contributed by atoms with Gasteiger partial charge < -0.3 is 10.5 Å². The fourth-order valence-corrected chi connectivity index (χ4v) is 1.36. The molecule has 2 rings (SSSR count). The van der Waals surface area contributed by atoms with Gasteiger partial charge in [-0.2, -0.15) is 0 Å². The van der Waals surface area contributed by atoms with Gasteiger partial charge in [0.05, 0.1) is 22.6 Å². The van der Waals surface area contributed by atoms with E-state index in [1.807, 2.05) is 0 Å². The molecule has 1 heterocycles. The van der Waals surface area contributed by atoms with Crippen molar-refractivity contribution in [3.8, 4) is 11.8 Å². The van der Waals surface area contributed by atoms with Crippen LogP contribution in [0.15, 0.2) is 35.1 Å². The van der Waals surface area contributed by atoms with E-state index in [2.05, 4.69) is 25.9 Å². The third-order valence-corrected chi connectivity index (χ3v) is 2.40. The van der Waals surface area contributed by atoms with Crippen LogP contribution in [0.4, 0.5) is 10.1 Å². The first kappa shape index (κ1) is 10.8. The van der Waals surface area contributed by atoms with Crippen molar-refractivity contribution in [2.24, 2.45) is 0 Å². The number of ether oxygens (including phenoxy) is 1. The maximum atomic E-state index is 13.0. The van der Waals surface area contributed by atoms with Gasteiger partial charge in [0, 0.05) is 6.07 Å². The number of anilines is 1. The first-order valence-electron chi connectivity index (χ1n) is 4.35. The standard InChI is InChI=1S/C10H7BrFN3O/c11-8-2-1-6(12)3-9(8)16-10-14-4-7(13)5-15-10/h1-5H,13H2. The summed E-state index contributed by atoms with van der Waals surface area (Å²) in [5.74, 6) is -0.0848. The van der Waals surface area contributed by atoms with E-state index >= 15 is 0 Å². The van der Waals surface area contributed by atoms with Crippen LogP contribution >= 0.6 is 15.9 Å². The maximum Gasteiger partial charge on any atom is 0.322 e. The molecule has 0 fully saturated rings. The zero-order chi connectivity index (χ0) is 11.5. The molecule has 0 atom stereocenters. The Morgan fingerprint density at radius 1 is 1.25 bits per heavy atom. The fraction of sp³-hybridized carbons (Fsp3) is 0. The molecule has 4 nitrogen and oxygen atoms in total. The quantitative estimate of drug-likeness (QED) is 0.921. The zero-order valence-electron chi connectivity index (χ0n) is 8.02. The Morgan fingerprint density at radius 2 is 1.94 bits per heavy atom. The predicted octanol–water partition coefficient (Wildman–Crippen LogP) is 2.75. The normalized spacial score (nSPS) is 10.1. The van der Waals surface area contributed by atoms with E-state index in [4.69, 9.17) is 10.5 Å². The SMILES string of the molecule is Nc1cnc(Oc2cc(F)ccc2Br)nc1. The van der Waals surface area contributed by atoms with E-state index in [0.717, 1.165) is 0 Å². The van der Waals surface area contributed by atoms with Gasteiger partial charge >= 0.3 is 6.01 Å². The molecule has 2 aromatic rings. The Morgan fingerprint density at radius 3 is 2.62 bits per heavy atom. The number of halogens is 2. The van der Waals surface area contributed by atoms with E-state index in [9.17, 15) is 4.39 Å². The van der Waals surface area contributed by atoms with Crippen molar-refractivity contribution in [3.05, 3.63) is 40.9 Å². The molecule has 16 heavy (non-hydrogen) atoms. The second-order valence-electron chi connectivity index (χ2n) is 2.98. The summed E-state index contributed by atoms with van der Waals surface area (Å²) in [7, 11) is 0. The van der Waals surface area contributed by atoms with Gasteiger partial charge in [0.15, 0.2) is 0 Å². The molecule has 1 aromatic carbocycles. The summed E-state index contributed by atoms with van der Waals surface area (Å²) in [5.41, 5.74) is 5.86. The molecule has 0 aliphatic carbocycles. The first-order chi connectivity index (χ1) is 7.65. The topological polar surface area (TPSA) is 61.0 Å². The Hall–Kier alpha value is -1.69.